The lowest BCUT2D eigenvalue weighted by Gasteiger charge is -2.35. The molecule has 2 aliphatic rings. The van der Waals surface area contributed by atoms with Gasteiger partial charge in [0.1, 0.15) is 0 Å². The summed E-state index contributed by atoms with van der Waals surface area (Å²) >= 11 is 0. The van der Waals surface area contributed by atoms with Gasteiger partial charge < -0.3 is 10.6 Å². The Balaban J connectivity index is 1.90. The molecule has 122 valence electrons. The molecule has 2 fully saturated rings. The molecule has 1 saturated carbocycles. The van der Waals surface area contributed by atoms with Crippen molar-refractivity contribution in [1.29, 1.82) is 0 Å². The average Bonchev–Trinajstić information content (AvgIpc) is 2.96. The molecular weight excluding hydrogens is 260 g/mol. The van der Waals surface area contributed by atoms with Crippen molar-refractivity contribution in [2.24, 2.45) is 23.5 Å². The molecular formula is C18H34N2O. The summed E-state index contributed by atoms with van der Waals surface area (Å²) in [5, 5.41) is 0. The molecule has 0 aromatic heterocycles. The zero-order valence-electron chi connectivity index (χ0n) is 14.0. The minimum Gasteiger partial charge on any atom is -0.339 e. The summed E-state index contributed by atoms with van der Waals surface area (Å²) in [7, 11) is 0. The van der Waals surface area contributed by atoms with E-state index in [1.54, 1.807) is 0 Å². The Morgan fingerprint density at radius 3 is 2.48 bits per heavy atom. The lowest BCUT2D eigenvalue weighted by Crippen LogP contribution is -2.42. The van der Waals surface area contributed by atoms with Crippen molar-refractivity contribution >= 4 is 5.91 Å². The molecule has 0 bridgehead atoms. The van der Waals surface area contributed by atoms with E-state index in [0.717, 1.165) is 18.9 Å². The minimum absolute atomic E-state index is 0.366. The van der Waals surface area contributed by atoms with Crippen LogP contribution in [-0.4, -0.2) is 29.9 Å². The molecule has 0 aromatic carbocycles. The topological polar surface area (TPSA) is 46.3 Å². The minimum atomic E-state index is 0.366. The van der Waals surface area contributed by atoms with Gasteiger partial charge in [-0.15, -0.1) is 0 Å². The molecule has 2 atom stereocenters. The third kappa shape index (κ3) is 4.70. The van der Waals surface area contributed by atoms with E-state index in [-0.39, 0.29) is 0 Å². The highest BCUT2D eigenvalue weighted by molar-refractivity contribution is 5.77. The van der Waals surface area contributed by atoms with Crippen LogP contribution in [0.15, 0.2) is 0 Å². The van der Waals surface area contributed by atoms with Crippen molar-refractivity contribution in [3.8, 4) is 0 Å². The number of rotatable bonds is 6. The number of hydrogen-bond donors (Lipinski definition) is 1. The quantitative estimate of drug-likeness (QED) is 0.814. The zero-order chi connectivity index (χ0) is 15.2. The number of hydrogen-bond acceptors (Lipinski definition) is 2. The molecule has 1 unspecified atom stereocenters. The third-order valence-corrected chi connectivity index (χ3v) is 5.41. The Labute approximate surface area is 130 Å². The van der Waals surface area contributed by atoms with Crippen molar-refractivity contribution < 1.29 is 4.79 Å². The second kappa shape index (κ2) is 8.17. The van der Waals surface area contributed by atoms with E-state index in [0.29, 0.717) is 36.8 Å². The maximum atomic E-state index is 12.7. The summed E-state index contributed by atoms with van der Waals surface area (Å²) in [6, 6.07) is 0.537. The van der Waals surface area contributed by atoms with Crippen molar-refractivity contribution in [3.63, 3.8) is 0 Å². The Hall–Kier alpha value is -0.570. The monoisotopic (exact) mass is 294 g/mol. The Bertz CT molecular complexity index is 323. The molecule has 3 heteroatoms. The van der Waals surface area contributed by atoms with Crippen molar-refractivity contribution in [2.75, 3.05) is 13.1 Å². The Morgan fingerprint density at radius 2 is 1.86 bits per heavy atom. The highest BCUT2D eigenvalue weighted by Gasteiger charge is 2.35. The summed E-state index contributed by atoms with van der Waals surface area (Å²) in [5.74, 6) is 2.13. The molecule has 1 aliphatic heterocycles. The van der Waals surface area contributed by atoms with Crippen molar-refractivity contribution in [2.45, 2.75) is 77.7 Å². The largest absolute Gasteiger partial charge is 0.339 e. The lowest BCUT2D eigenvalue weighted by atomic mass is 9.82. The predicted molar refractivity (Wildman–Crippen MR) is 87.9 cm³/mol. The zero-order valence-corrected chi connectivity index (χ0v) is 14.0. The van der Waals surface area contributed by atoms with Gasteiger partial charge in [-0.05, 0) is 56.4 Å². The maximum Gasteiger partial charge on any atom is 0.223 e. The van der Waals surface area contributed by atoms with Gasteiger partial charge >= 0.3 is 0 Å². The van der Waals surface area contributed by atoms with E-state index < -0.39 is 0 Å². The molecule has 1 aliphatic carbocycles. The van der Waals surface area contributed by atoms with Gasteiger partial charge in [0.25, 0.3) is 0 Å². The highest BCUT2D eigenvalue weighted by Crippen LogP contribution is 2.35. The van der Waals surface area contributed by atoms with Crippen LogP contribution < -0.4 is 5.73 Å². The SMILES string of the molecule is CC(C)C[C@H](CN)CC(=O)N1CCCC1C1CCCCC1. The molecule has 2 N–H and O–H groups in total. The van der Waals surface area contributed by atoms with Gasteiger partial charge in [0.2, 0.25) is 5.91 Å². The lowest BCUT2D eigenvalue weighted by molar-refractivity contribution is -0.134. The van der Waals surface area contributed by atoms with Crippen molar-refractivity contribution in [3.05, 3.63) is 0 Å². The van der Waals surface area contributed by atoms with Crippen LogP contribution in [0.4, 0.5) is 0 Å². The number of nitrogens with two attached hydrogens (primary N) is 1. The van der Waals surface area contributed by atoms with E-state index in [1.807, 2.05) is 0 Å². The van der Waals surface area contributed by atoms with Crippen LogP contribution in [-0.2, 0) is 4.79 Å². The first-order valence-electron chi connectivity index (χ1n) is 9.11. The van der Waals surface area contributed by atoms with E-state index in [4.69, 9.17) is 5.73 Å². The summed E-state index contributed by atoms with van der Waals surface area (Å²) in [5.41, 5.74) is 5.87. The fraction of sp³-hybridized carbons (Fsp3) is 0.944. The van der Waals surface area contributed by atoms with Crippen molar-refractivity contribution in [1.82, 2.24) is 4.90 Å². The third-order valence-electron chi connectivity index (χ3n) is 5.41. The number of carbonyl (C=O) groups is 1. The van der Waals surface area contributed by atoms with E-state index in [1.165, 1.54) is 44.9 Å². The van der Waals surface area contributed by atoms with Gasteiger partial charge in [0, 0.05) is 19.0 Å². The second-order valence-electron chi connectivity index (χ2n) is 7.63. The molecule has 0 aromatic rings. The van der Waals surface area contributed by atoms with Gasteiger partial charge in [-0.25, -0.2) is 0 Å². The van der Waals surface area contributed by atoms with Gasteiger partial charge in [0.05, 0.1) is 0 Å². The first-order valence-corrected chi connectivity index (χ1v) is 9.11. The molecule has 0 radical (unpaired) electrons. The van der Waals surface area contributed by atoms with Gasteiger partial charge in [-0.3, -0.25) is 4.79 Å². The number of likely N-dealkylation sites (tertiary alicyclic amines) is 1. The first kappa shape index (κ1) is 16.8. The molecule has 1 heterocycles. The van der Waals surface area contributed by atoms with Crippen LogP contribution in [0, 0.1) is 17.8 Å². The summed E-state index contributed by atoms with van der Waals surface area (Å²) in [6.45, 7) is 6.06. The normalized spacial score (nSPS) is 25.5. The molecule has 1 saturated heterocycles. The van der Waals surface area contributed by atoms with Gasteiger partial charge in [-0.1, -0.05) is 33.1 Å². The number of amides is 1. The summed E-state index contributed by atoms with van der Waals surface area (Å²) in [4.78, 5) is 14.9. The Kier molecular flexibility index (Phi) is 6.53. The van der Waals surface area contributed by atoms with E-state index >= 15 is 0 Å². The number of nitrogens with zero attached hydrogens (tertiary/aromatic N) is 1. The molecule has 3 nitrogen and oxygen atoms in total. The maximum absolute atomic E-state index is 12.7. The highest BCUT2D eigenvalue weighted by atomic mass is 16.2. The second-order valence-corrected chi connectivity index (χ2v) is 7.63. The predicted octanol–water partition coefficient (Wildman–Crippen LogP) is 3.57. The molecule has 1 amide bonds. The van der Waals surface area contributed by atoms with Crippen LogP contribution in [0.25, 0.3) is 0 Å². The first-order chi connectivity index (χ1) is 10.1. The fourth-order valence-electron chi connectivity index (χ4n) is 4.40. The van der Waals surface area contributed by atoms with E-state index in [2.05, 4.69) is 18.7 Å². The molecule has 0 spiro atoms. The standard InChI is InChI=1S/C18H34N2O/c1-14(2)11-15(13-19)12-18(21)20-10-6-9-17(20)16-7-4-3-5-8-16/h14-17H,3-13,19H2,1-2H3/t15-,17?/m0/s1. The van der Waals surface area contributed by atoms with E-state index in [9.17, 15) is 4.79 Å². The summed E-state index contributed by atoms with van der Waals surface area (Å²) in [6.07, 6.45) is 11.0. The summed E-state index contributed by atoms with van der Waals surface area (Å²) < 4.78 is 0. The number of carbonyl (C=O) groups excluding carboxylic acids is 1. The van der Waals surface area contributed by atoms with Crippen LogP contribution in [0.2, 0.25) is 0 Å². The van der Waals surface area contributed by atoms with Gasteiger partial charge in [-0.2, -0.15) is 0 Å². The van der Waals surface area contributed by atoms with Crippen LogP contribution >= 0.6 is 0 Å². The molecule has 2 rings (SSSR count). The smallest absolute Gasteiger partial charge is 0.223 e. The van der Waals surface area contributed by atoms with Crippen LogP contribution in [0.1, 0.15) is 71.6 Å². The fourth-order valence-corrected chi connectivity index (χ4v) is 4.40. The molecule has 21 heavy (non-hydrogen) atoms. The van der Waals surface area contributed by atoms with Crippen LogP contribution in [0.5, 0.6) is 0 Å². The van der Waals surface area contributed by atoms with Crippen LogP contribution in [0.3, 0.4) is 0 Å². The Morgan fingerprint density at radius 1 is 1.14 bits per heavy atom. The average molecular weight is 294 g/mol. The van der Waals surface area contributed by atoms with Gasteiger partial charge in [0.15, 0.2) is 0 Å².